The molecule has 0 fully saturated rings. The largest absolute Gasteiger partial charge is 0.573 e. The summed E-state index contributed by atoms with van der Waals surface area (Å²) in [7, 11) is 0. The Morgan fingerprint density at radius 2 is 1.50 bits per heavy atom. The number of nitrogens with one attached hydrogen (secondary N) is 1. The zero-order chi connectivity index (χ0) is 25.9. The number of imidazole rings is 1. The van der Waals surface area contributed by atoms with Crippen molar-refractivity contribution < 1.29 is 22.6 Å². The molecule has 4 rings (SSSR count). The number of halogens is 3. The van der Waals surface area contributed by atoms with Crippen LogP contribution >= 0.6 is 0 Å². The second-order valence-electron chi connectivity index (χ2n) is 8.18. The predicted molar refractivity (Wildman–Crippen MR) is 128 cm³/mol. The van der Waals surface area contributed by atoms with Crippen LogP contribution in [0.3, 0.4) is 0 Å². The van der Waals surface area contributed by atoms with Gasteiger partial charge in [0.15, 0.2) is 5.65 Å². The van der Waals surface area contributed by atoms with Gasteiger partial charge in [-0.05, 0) is 54.8 Å². The SMILES string of the molecule is CCCn1c(=O)c2[nH]c(-c3ccc(OCc4ccc(OC(F)(F)F)cc4)cc3)nc2n(CCC)c1=O. The van der Waals surface area contributed by atoms with Gasteiger partial charge in [0, 0.05) is 18.7 Å². The van der Waals surface area contributed by atoms with Crippen LogP contribution in [-0.2, 0) is 19.7 Å². The fourth-order valence-electron chi connectivity index (χ4n) is 3.81. The first kappa shape index (κ1) is 25.1. The zero-order valence-electron chi connectivity index (χ0n) is 19.8. The second-order valence-corrected chi connectivity index (χ2v) is 8.18. The molecule has 0 atom stereocenters. The van der Waals surface area contributed by atoms with Crippen molar-refractivity contribution >= 4 is 11.2 Å². The van der Waals surface area contributed by atoms with E-state index < -0.39 is 11.9 Å². The first-order chi connectivity index (χ1) is 17.2. The summed E-state index contributed by atoms with van der Waals surface area (Å²) in [5, 5.41) is 0. The molecule has 0 unspecified atom stereocenters. The molecule has 4 aromatic rings. The molecule has 2 aromatic carbocycles. The number of aromatic nitrogens is 4. The van der Waals surface area contributed by atoms with Crippen LogP contribution in [0.2, 0.25) is 0 Å². The summed E-state index contributed by atoms with van der Waals surface area (Å²) >= 11 is 0. The van der Waals surface area contributed by atoms with Crippen molar-refractivity contribution in [1.29, 1.82) is 0 Å². The molecule has 36 heavy (non-hydrogen) atoms. The number of benzene rings is 2. The third-order valence-electron chi connectivity index (χ3n) is 5.45. The van der Waals surface area contributed by atoms with Crippen molar-refractivity contribution in [2.24, 2.45) is 0 Å². The molecule has 8 nitrogen and oxygen atoms in total. The number of aryl methyl sites for hydroxylation is 1. The third kappa shape index (κ3) is 5.45. The Morgan fingerprint density at radius 1 is 0.889 bits per heavy atom. The fourth-order valence-corrected chi connectivity index (χ4v) is 3.81. The number of hydrogen-bond acceptors (Lipinski definition) is 5. The van der Waals surface area contributed by atoms with Crippen LogP contribution in [-0.4, -0.2) is 25.5 Å². The molecular formula is C25H25F3N4O4. The lowest BCUT2D eigenvalue weighted by molar-refractivity contribution is -0.274. The van der Waals surface area contributed by atoms with E-state index in [0.29, 0.717) is 54.3 Å². The Hall–Kier alpha value is -4.02. The van der Waals surface area contributed by atoms with E-state index in [1.165, 1.54) is 33.4 Å². The first-order valence-corrected chi connectivity index (χ1v) is 11.5. The van der Waals surface area contributed by atoms with E-state index in [0.717, 1.165) is 0 Å². The maximum Gasteiger partial charge on any atom is 0.573 e. The Labute approximate surface area is 203 Å². The molecule has 0 saturated heterocycles. The first-order valence-electron chi connectivity index (χ1n) is 11.5. The monoisotopic (exact) mass is 502 g/mol. The summed E-state index contributed by atoms with van der Waals surface area (Å²) in [5.74, 6) is 0.693. The highest BCUT2D eigenvalue weighted by molar-refractivity contribution is 5.75. The average molecular weight is 502 g/mol. The number of fused-ring (bicyclic) bond motifs is 1. The van der Waals surface area contributed by atoms with Crippen molar-refractivity contribution in [3.63, 3.8) is 0 Å². The highest BCUT2D eigenvalue weighted by Crippen LogP contribution is 2.24. The summed E-state index contributed by atoms with van der Waals surface area (Å²) < 4.78 is 49.2. The lowest BCUT2D eigenvalue weighted by atomic mass is 10.2. The number of aromatic amines is 1. The minimum atomic E-state index is -4.74. The maximum absolute atomic E-state index is 12.9. The predicted octanol–water partition coefficient (Wildman–Crippen LogP) is 4.85. The van der Waals surface area contributed by atoms with E-state index in [1.54, 1.807) is 24.3 Å². The summed E-state index contributed by atoms with van der Waals surface area (Å²) in [6.07, 6.45) is -3.37. The van der Waals surface area contributed by atoms with Crippen LogP contribution in [0.5, 0.6) is 11.5 Å². The van der Waals surface area contributed by atoms with Gasteiger partial charge in [0.25, 0.3) is 5.56 Å². The number of hydrogen-bond donors (Lipinski definition) is 1. The van der Waals surface area contributed by atoms with Crippen molar-refractivity contribution in [3.05, 3.63) is 74.9 Å². The smallest absolute Gasteiger partial charge is 0.489 e. The van der Waals surface area contributed by atoms with Gasteiger partial charge in [-0.2, -0.15) is 0 Å². The summed E-state index contributed by atoms with van der Waals surface area (Å²) in [4.78, 5) is 33.3. The molecule has 190 valence electrons. The van der Waals surface area contributed by atoms with Gasteiger partial charge in [-0.15, -0.1) is 13.2 Å². The van der Waals surface area contributed by atoms with E-state index in [2.05, 4.69) is 14.7 Å². The van der Waals surface area contributed by atoms with E-state index in [-0.39, 0.29) is 23.6 Å². The molecule has 0 spiro atoms. The lowest BCUT2D eigenvalue weighted by Crippen LogP contribution is -2.40. The summed E-state index contributed by atoms with van der Waals surface area (Å²) in [6, 6.07) is 12.4. The van der Waals surface area contributed by atoms with Gasteiger partial charge < -0.3 is 14.5 Å². The summed E-state index contributed by atoms with van der Waals surface area (Å²) in [5.41, 5.74) is 1.22. The fraction of sp³-hybridized carbons (Fsp3) is 0.320. The van der Waals surface area contributed by atoms with Crippen LogP contribution in [0, 0.1) is 0 Å². The third-order valence-corrected chi connectivity index (χ3v) is 5.45. The van der Waals surface area contributed by atoms with Gasteiger partial charge in [-0.1, -0.05) is 26.0 Å². The van der Waals surface area contributed by atoms with Crippen molar-refractivity contribution in [1.82, 2.24) is 19.1 Å². The van der Waals surface area contributed by atoms with E-state index in [1.807, 2.05) is 13.8 Å². The number of H-pyrrole nitrogens is 1. The summed E-state index contributed by atoms with van der Waals surface area (Å²) in [6.45, 7) is 4.77. The topological polar surface area (TPSA) is 91.1 Å². The highest BCUT2D eigenvalue weighted by atomic mass is 19.4. The van der Waals surface area contributed by atoms with Crippen molar-refractivity contribution in [2.45, 2.75) is 52.7 Å². The van der Waals surface area contributed by atoms with Crippen LogP contribution in [0.1, 0.15) is 32.3 Å². The number of ether oxygens (including phenoxy) is 2. The van der Waals surface area contributed by atoms with Gasteiger partial charge in [0.2, 0.25) is 0 Å². The molecule has 0 amide bonds. The van der Waals surface area contributed by atoms with Crippen LogP contribution in [0.4, 0.5) is 13.2 Å². The molecule has 2 aromatic heterocycles. The Kier molecular flexibility index (Phi) is 7.18. The molecule has 11 heteroatoms. The number of nitrogens with zero attached hydrogens (tertiary/aromatic N) is 3. The Bertz CT molecular complexity index is 1450. The zero-order valence-corrected chi connectivity index (χ0v) is 19.8. The lowest BCUT2D eigenvalue weighted by Gasteiger charge is -2.10. The van der Waals surface area contributed by atoms with Crippen molar-refractivity contribution in [3.8, 4) is 22.9 Å². The number of alkyl halides is 3. The van der Waals surface area contributed by atoms with Crippen LogP contribution < -0.4 is 20.7 Å². The molecule has 2 heterocycles. The molecule has 1 N–H and O–H groups in total. The molecule has 0 aliphatic carbocycles. The van der Waals surface area contributed by atoms with Gasteiger partial charge in [0.1, 0.15) is 29.4 Å². The second kappa shape index (κ2) is 10.3. The van der Waals surface area contributed by atoms with Crippen LogP contribution in [0.25, 0.3) is 22.6 Å². The molecule has 0 saturated carbocycles. The molecule has 0 aliphatic heterocycles. The van der Waals surface area contributed by atoms with Crippen LogP contribution in [0.15, 0.2) is 58.1 Å². The van der Waals surface area contributed by atoms with E-state index in [4.69, 9.17) is 4.74 Å². The van der Waals surface area contributed by atoms with Gasteiger partial charge in [-0.25, -0.2) is 9.78 Å². The molecule has 0 aliphatic rings. The standard InChI is InChI=1S/C25H25F3N4O4/c1-3-13-31-22-20(23(33)32(14-4-2)24(31)34)29-21(30-22)17-7-11-18(12-8-17)35-15-16-5-9-19(10-6-16)36-25(26,27)28/h5-12H,3-4,13-15H2,1-2H3,(H,29,30). The molecular weight excluding hydrogens is 477 g/mol. The maximum atomic E-state index is 12.9. The Balaban J connectivity index is 1.53. The molecule has 0 radical (unpaired) electrons. The van der Waals surface area contributed by atoms with Gasteiger partial charge >= 0.3 is 12.1 Å². The van der Waals surface area contributed by atoms with Crippen molar-refractivity contribution in [2.75, 3.05) is 0 Å². The van der Waals surface area contributed by atoms with E-state index in [9.17, 15) is 22.8 Å². The van der Waals surface area contributed by atoms with E-state index >= 15 is 0 Å². The minimum absolute atomic E-state index is 0.149. The highest BCUT2D eigenvalue weighted by Gasteiger charge is 2.30. The minimum Gasteiger partial charge on any atom is -0.489 e. The average Bonchev–Trinajstić information content (AvgIpc) is 3.29. The normalized spacial score (nSPS) is 11.7. The molecule has 0 bridgehead atoms. The van der Waals surface area contributed by atoms with Gasteiger partial charge in [-0.3, -0.25) is 13.9 Å². The number of rotatable bonds is 9. The quantitative estimate of drug-likeness (QED) is 0.353. The van der Waals surface area contributed by atoms with Gasteiger partial charge in [0.05, 0.1) is 0 Å². The Morgan fingerprint density at radius 3 is 2.11 bits per heavy atom.